The SMILES string of the molecule is Cc1ccccc1CC(=O)NCCCN1CCOCC1. The van der Waals surface area contributed by atoms with Crippen molar-refractivity contribution >= 4 is 5.91 Å². The number of carbonyl (C=O) groups is 1. The van der Waals surface area contributed by atoms with Crippen molar-refractivity contribution in [2.75, 3.05) is 39.4 Å². The van der Waals surface area contributed by atoms with Crippen LogP contribution in [0.25, 0.3) is 0 Å². The van der Waals surface area contributed by atoms with Crippen LogP contribution in [0, 0.1) is 6.92 Å². The van der Waals surface area contributed by atoms with Crippen LogP contribution in [0.2, 0.25) is 0 Å². The first-order chi connectivity index (χ1) is 9.75. The summed E-state index contributed by atoms with van der Waals surface area (Å²) in [6, 6.07) is 8.04. The summed E-state index contributed by atoms with van der Waals surface area (Å²) in [6.07, 6.45) is 1.48. The second kappa shape index (κ2) is 8.02. The van der Waals surface area contributed by atoms with E-state index in [1.165, 1.54) is 5.56 Å². The molecule has 0 radical (unpaired) electrons. The van der Waals surface area contributed by atoms with Crippen molar-refractivity contribution in [1.82, 2.24) is 10.2 Å². The zero-order valence-electron chi connectivity index (χ0n) is 12.2. The summed E-state index contributed by atoms with van der Waals surface area (Å²) >= 11 is 0. The zero-order valence-corrected chi connectivity index (χ0v) is 12.2. The molecule has 1 fully saturated rings. The Bertz CT molecular complexity index is 428. The Kier molecular flexibility index (Phi) is 6.02. The van der Waals surface area contributed by atoms with E-state index in [0.29, 0.717) is 6.42 Å². The van der Waals surface area contributed by atoms with Crippen molar-refractivity contribution in [3.8, 4) is 0 Å². The molecule has 1 amide bonds. The maximum Gasteiger partial charge on any atom is 0.224 e. The molecule has 0 unspecified atom stereocenters. The van der Waals surface area contributed by atoms with Gasteiger partial charge in [0.15, 0.2) is 0 Å². The van der Waals surface area contributed by atoms with Gasteiger partial charge < -0.3 is 10.1 Å². The minimum Gasteiger partial charge on any atom is -0.379 e. The van der Waals surface area contributed by atoms with Crippen molar-refractivity contribution in [1.29, 1.82) is 0 Å². The largest absolute Gasteiger partial charge is 0.379 e. The second-order valence-corrected chi connectivity index (χ2v) is 5.26. The Hall–Kier alpha value is -1.39. The number of carbonyl (C=O) groups excluding carboxylic acids is 1. The molecule has 0 aliphatic carbocycles. The summed E-state index contributed by atoms with van der Waals surface area (Å²) in [5.41, 5.74) is 2.29. The predicted molar refractivity (Wildman–Crippen MR) is 79.8 cm³/mol. The van der Waals surface area contributed by atoms with E-state index in [0.717, 1.165) is 51.4 Å². The van der Waals surface area contributed by atoms with Crippen LogP contribution in [0.1, 0.15) is 17.5 Å². The molecule has 1 aliphatic rings. The highest BCUT2D eigenvalue weighted by Gasteiger charge is 2.10. The Balaban J connectivity index is 1.61. The molecule has 20 heavy (non-hydrogen) atoms. The van der Waals surface area contributed by atoms with Crippen LogP contribution in [-0.2, 0) is 16.0 Å². The van der Waals surface area contributed by atoms with Crippen LogP contribution in [-0.4, -0.2) is 50.2 Å². The average molecular weight is 276 g/mol. The molecular weight excluding hydrogens is 252 g/mol. The number of rotatable bonds is 6. The van der Waals surface area contributed by atoms with Crippen molar-refractivity contribution < 1.29 is 9.53 Å². The summed E-state index contributed by atoms with van der Waals surface area (Å²) in [5.74, 6) is 0.112. The van der Waals surface area contributed by atoms with Crippen LogP contribution in [0.3, 0.4) is 0 Å². The van der Waals surface area contributed by atoms with Gasteiger partial charge in [0.2, 0.25) is 5.91 Å². The maximum atomic E-state index is 11.9. The summed E-state index contributed by atoms with van der Waals surface area (Å²) in [7, 11) is 0. The number of amides is 1. The van der Waals surface area contributed by atoms with Gasteiger partial charge in [0.25, 0.3) is 0 Å². The van der Waals surface area contributed by atoms with Gasteiger partial charge in [0.1, 0.15) is 0 Å². The predicted octanol–water partition coefficient (Wildman–Crippen LogP) is 1.38. The topological polar surface area (TPSA) is 41.6 Å². The van der Waals surface area contributed by atoms with Crippen molar-refractivity contribution in [3.63, 3.8) is 0 Å². The molecule has 1 N–H and O–H groups in total. The molecule has 2 rings (SSSR count). The standard InChI is InChI=1S/C16H24N2O2/c1-14-5-2-3-6-15(14)13-16(19)17-7-4-8-18-9-11-20-12-10-18/h2-3,5-6H,4,7-13H2,1H3,(H,17,19). The molecule has 1 aliphatic heterocycles. The molecule has 4 nitrogen and oxygen atoms in total. The van der Waals surface area contributed by atoms with Crippen LogP contribution >= 0.6 is 0 Å². The van der Waals surface area contributed by atoms with Gasteiger partial charge in [-0.15, -0.1) is 0 Å². The third kappa shape index (κ3) is 4.94. The number of ether oxygens (including phenoxy) is 1. The van der Waals surface area contributed by atoms with Crippen LogP contribution in [0.5, 0.6) is 0 Å². The Morgan fingerprint density at radius 1 is 1.30 bits per heavy atom. The molecule has 0 aromatic heterocycles. The molecule has 0 saturated carbocycles. The minimum atomic E-state index is 0.112. The first-order valence-electron chi connectivity index (χ1n) is 7.37. The minimum absolute atomic E-state index is 0.112. The summed E-state index contributed by atoms with van der Waals surface area (Å²) in [4.78, 5) is 14.3. The maximum absolute atomic E-state index is 11.9. The molecule has 1 aromatic carbocycles. The highest BCUT2D eigenvalue weighted by molar-refractivity contribution is 5.78. The third-order valence-electron chi connectivity index (χ3n) is 3.69. The van der Waals surface area contributed by atoms with Gasteiger partial charge >= 0.3 is 0 Å². The fourth-order valence-electron chi connectivity index (χ4n) is 2.40. The summed E-state index contributed by atoms with van der Waals surface area (Å²) < 4.78 is 5.31. The van der Waals surface area contributed by atoms with Gasteiger partial charge in [0.05, 0.1) is 19.6 Å². The molecule has 0 bridgehead atoms. The van der Waals surface area contributed by atoms with Gasteiger partial charge in [0, 0.05) is 19.6 Å². The van der Waals surface area contributed by atoms with Gasteiger partial charge in [-0.2, -0.15) is 0 Å². The summed E-state index contributed by atoms with van der Waals surface area (Å²) in [6.45, 7) is 7.52. The fourth-order valence-corrected chi connectivity index (χ4v) is 2.40. The number of morpholine rings is 1. The lowest BCUT2D eigenvalue weighted by Gasteiger charge is -2.26. The highest BCUT2D eigenvalue weighted by Crippen LogP contribution is 2.07. The van der Waals surface area contributed by atoms with Gasteiger partial charge in [-0.1, -0.05) is 24.3 Å². The molecule has 1 heterocycles. The molecule has 1 aromatic rings. The van der Waals surface area contributed by atoms with E-state index in [1.54, 1.807) is 0 Å². The number of hydrogen-bond acceptors (Lipinski definition) is 3. The Labute approximate surface area is 121 Å². The van der Waals surface area contributed by atoms with Crippen molar-refractivity contribution in [3.05, 3.63) is 35.4 Å². The molecule has 4 heteroatoms. The number of hydrogen-bond donors (Lipinski definition) is 1. The lowest BCUT2D eigenvalue weighted by Crippen LogP contribution is -2.38. The lowest BCUT2D eigenvalue weighted by molar-refractivity contribution is -0.120. The Morgan fingerprint density at radius 3 is 2.80 bits per heavy atom. The van der Waals surface area contributed by atoms with E-state index in [-0.39, 0.29) is 5.91 Å². The smallest absolute Gasteiger partial charge is 0.224 e. The van der Waals surface area contributed by atoms with Crippen molar-refractivity contribution in [2.24, 2.45) is 0 Å². The first kappa shape index (κ1) is 15.0. The molecule has 0 spiro atoms. The third-order valence-corrected chi connectivity index (χ3v) is 3.69. The van der Waals surface area contributed by atoms with E-state index in [1.807, 2.05) is 31.2 Å². The van der Waals surface area contributed by atoms with Gasteiger partial charge in [-0.05, 0) is 31.0 Å². The Morgan fingerprint density at radius 2 is 2.05 bits per heavy atom. The van der Waals surface area contributed by atoms with E-state index < -0.39 is 0 Å². The molecular formula is C16H24N2O2. The first-order valence-corrected chi connectivity index (χ1v) is 7.37. The number of nitrogens with zero attached hydrogens (tertiary/aromatic N) is 1. The zero-order chi connectivity index (χ0) is 14.2. The number of nitrogens with one attached hydrogen (secondary N) is 1. The van der Waals surface area contributed by atoms with Crippen molar-refractivity contribution in [2.45, 2.75) is 19.8 Å². The normalized spacial score (nSPS) is 16.1. The molecule has 110 valence electrons. The summed E-state index contributed by atoms with van der Waals surface area (Å²) in [5, 5.41) is 3.00. The van der Waals surface area contributed by atoms with Gasteiger partial charge in [-0.25, -0.2) is 0 Å². The van der Waals surface area contributed by atoms with Crippen LogP contribution in [0.4, 0.5) is 0 Å². The fraction of sp³-hybridized carbons (Fsp3) is 0.562. The van der Waals surface area contributed by atoms with E-state index in [9.17, 15) is 4.79 Å². The molecule has 0 atom stereocenters. The van der Waals surface area contributed by atoms with E-state index >= 15 is 0 Å². The van der Waals surface area contributed by atoms with E-state index in [2.05, 4.69) is 10.2 Å². The molecule has 1 saturated heterocycles. The van der Waals surface area contributed by atoms with E-state index in [4.69, 9.17) is 4.74 Å². The van der Waals surface area contributed by atoms with Crippen LogP contribution < -0.4 is 5.32 Å². The monoisotopic (exact) mass is 276 g/mol. The van der Waals surface area contributed by atoms with Crippen LogP contribution in [0.15, 0.2) is 24.3 Å². The second-order valence-electron chi connectivity index (χ2n) is 5.26. The lowest BCUT2D eigenvalue weighted by atomic mass is 10.1. The quantitative estimate of drug-likeness (QED) is 0.798. The number of aryl methyl sites for hydroxylation is 1. The average Bonchev–Trinajstić information content (AvgIpc) is 2.47. The highest BCUT2D eigenvalue weighted by atomic mass is 16.5. The van der Waals surface area contributed by atoms with Gasteiger partial charge in [-0.3, -0.25) is 9.69 Å². The number of benzene rings is 1.